The number of nitrogens with zero attached hydrogens (tertiary/aromatic N) is 5. The molecule has 1 aromatic carbocycles. The average molecular weight is 489 g/mol. The number of aromatic nitrogens is 4. The molecule has 0 bridgehead atoms. The molecule has 8 heteroatoms. The van der Waals surface area contributed by atoms with Crippen LogP contribution in [0.25, 0.3) is 11.3 Å². The van der Waals surface area contributed by atoms with Crippen molar-refractivity contribution in [1.29, 1.82) is 0 Å². The molecule has 1 fully saturated rings. The molecule has 3 aromatic rings. The first kappa shape index (κ1) is 24.4. The zero-order valence-corrected chi connectivity index (χ0v) is 21.7. The van der Waals surface area contributed by atoms with Crippen LogP contribution in [-0.4, -0.2) is 55.4 Å². The molecule has 36 heavy (non-hydrogen) atoms. The molecule has 1 atom stereocenters. The van der Waals surface area contributed by atoms with Crippen molar-refractivity contribution in [2.24, 2.45) is 7.05 Å². The number of rotatable bonds is 6. The average Bonchev–Trinajstić information content (AvgIpc) is 3.10. The molecule has 1 aliphatic carbocycles. The Kier molecular flexibility index (Phi) is 6.79. The van der Waals surface area contributed by atoms with Gasteiger partial charge in [0.25, 0.3) is 0 Å². The van der Waals surface area contributed by atoms with Crippen LogP contribution in [0, 0.1) is 0 Å². The number of likely N-dealkylation sites (tertiary alicyclic amines) is 1. The van der Waals surface area contributed by atoms with Gasteiger partial charge >= 0.3 is 0 Å². The summed E-state index contributed by atoms with van der Waals surface area (Å²) in [7, 11) is 1.88. The van der Waals surface area contributed by atoms with Gasteiger partial charge in [0.15, 0.2) is 0 Å². The van der Waals surface area contributed by atoms with E-state index < -0.39 is 0 Å². The fraction of sp³-hybridized carbons (Fsp3) is 0.500. The smallest absolute Gasteiger partial charge is 0.227 e. The number of fused-ring (bicyclic) bond motifs is 1. The third-order valence-electron chi connectivity index (χ3n) is 6.89. The highest BCUT2D eigenvalue weighted by atomic mass is 16.5. The van der Waals surface area contributed by atoms with Gasteiger partial charge in [-0.15, -0.1) is 0 Å². The molecule has 0 radical (unpaired) electrons. The summed E-state index contributed by atoms with van der Waals surface area (Å²) in [6.45, 7) is 7.60. The number of hydrogen-bond donors (Lipinski definition) is 1. The molecule has 2 aliphatic rings. The summed E-state index contributed by atoms with van der Waals surface area (Å²) in [6, 6.07) is 8.54. The summed E-state index contributed by atoms with van der Waals surface area (Å²) in [4.78, 5) is 24.1. The molecule has 0 spiro atoms. The second-order valence-electron chi connectivity index (χ2n) is 11.0. The van der Waals surface area contributed by atoms with Gasteiger partial charge in [-0.25, -0.2) is 9.97 Å². The van der Waals surface area contributed by atoms with Crippen LogP contribution < -0.4 is 5.32 Å². The number of anilines is 2. The van der Waals surface area contributed by atoms with Crippen LogP contribution in [0.1, 0.15) is 63.5 Å². The van der Waals surface area contributed by atoms with Crippen molar-refractivity contribution < 1.29 is 9.53 Å². The Hall–Kier alpha value is -3.26. The van der Waals surface area contributed by atoms with E-state index in [1.54, 1.807) is 17.1 Å². The molecular formula is C28H36N6O2. The van der Waals surface area contributed by atoms with Crippen LogP contribution >= 0.6 is 0 Å². The Labute approximate surface area is 213 Å². The van der Waals surface area contributed by atoms with Crippen LogP contribution in [0.15, 0.2) is 42.9 Å². The molecule has 1 amide bonds. The Bertz CT molecular complexity index is 1220. The minimum Gasteiger partial charge on any atom is -0.369 e. The van der Waals surface area contributed by atoms with E-state index in [-0.39, 0.29) is 23.5 Å². The Balaban J connectivity index is 1.28. The molecule has 1 saturated heterocycles. The Morgan fingerprint density at radius 2 is 2.03 bits per heavy atom. The molecule has 3 heterocycles. The lowest BCUT2D eigenvalue weighted by molar-refractivity contribution is -0.157. The van der Waals surface area contributed by atoms with Crippen LogP contribution in [0.3, 0.4) is 0 Å². The summed E-state index contributed by atoms with van der Waals surface area (Å²) in [5.74, 6) is 1.05. The van der Waals surface area contributed by atoms with Crippen LogP contribution in [-0.2, 0) is 23.0 Å². The molecule has 1 aliphatic heterocycles. The van der Waals surface area contributed by atoms with Crippen LogP contribution in [0.2, 0.25) is 0 Å². The SMILES string of the molecule is Cn1cc(Nc2nccc(-c3ccc4c(c3)CCCC[C@H]4CC(=O)N3CC(OC(C)(C)C)C3)n2)cn1. The summed E-state index contributed by atoms with van der Waals surface area (Å²) in [6.07, 6.45) is 10.5. The van der Waals surface area contributed by atoms with E-state index in [0.29, 0.717) is 25.5 Å². The van der Waals surface area contributed by atoms with Gasteiger partial charge in [0.1, 0.15) is 0 Å². The molecule has 5 rings (SSSR count). The number of carbonyl (C=O) groups is 1. The first-order valence-corrected chi connectivity index (χ1v) is 12.9. The van der Waals surface area contributed by atoms with E-state index in [1.165, 1.54) is 11.1 Å². The van der Waals surface area contributed by atoms with Crippen LogP contribution in [0.5, 0.6) is 0 Å². The molecular weight excluding hydrogens is 452 g/mol. The van der Waals surface area contributed by atoms with E-state index in [4.69, 9.17) is 9.72 Å². The summed E-state index contributed by atoms with van der Waals surface area (Å²) in [5, 5.41) is 7.40. The monoisotopic (exact) mass is 488 g/mol. The number of nitrogens with one attached hydrogen (secondary N) is 1. The Morgan fingerprint density at radius 1 is 1.19 bits per heavy atom. The maximum Gasteiger partial charge on any atom is 0.227 e. The number of benzene rings is 1. The zero-order valence-electron chi connectivity index (χ0n) is 21.7. The minimum atomic E-state index is -0.170. The van der Waals surface area contributed by atoms with E-state index >= 15 is 0 Å². The van der Waals surface area contributed by atoms with Gasteiger partial charge in [0.05, 0.1) is 29.3 Å². The van der Waals surface area contributed by atoms with Crippen molar-refractivity contribution in [3.63, 3.8) is 0 Å². The lowest BCUT2D eigenvalue weighted by Gasteiger charge is -2.42. The van der Waals surface area contributed by atoms with Crippen molar-refractivity contribution >= 4 is 17.5 Å². The minimum absolute atomic E-state index is 0.156. The topological polar surface area (TPSA) is 85.2 Å². The number of hydrogen-bond acceptors (Lipinski definition) is 6. The molecule has 0 saturated carbocycles. The maximum absolute atomic E-state index is 13.0. The lowest BCUT2D eigenvalue weighted by Crippen LogP contribution is -2.56. The van der Waals surface area contributed by atoms with Crippen molar-refractivity contribution in [2.45, 2.75) is 70.5 Å². The van der Waals surface area contributed by atoms with E-state index in [1.807, 2.05) is 24.2 Å². The normalized spacial score (nSPS) is 18.3. The molecule has 190 valence electrons. The van der Waals surface area contributed by atoms with Crippen molar-refractivity contribution in [3.05, 3.63) is 54.0 Å². The largest absolute Gasteiger partial charge is 0.369 e. The van der Waals surface area contributed by atoms with Gasteiger partial charge in [-0.1, -0.05) is 18.6 Å². The molecule has 0 unspecified atom stereocenters. The third-order valence-corrected chi connectivity index (χ3v) is 6.89. The predicted molar refractivity (Wildman–Crippen MR) is 140 cm³/mol. The van der Waals surface area contributed by atoms with E-state index in [9.17, 15) is 4.79 Å². The van der Waals surface area contributed by atoms with Gasteiger partial charge < -0.3 is 15.0 Å². The molecule has 1 N–H and O–H groups in total. The second kappa shape index (κ2) is 10.0. The zero-order chi connectivity index (χ0) is 25.3. The van der Waals surface area contributed by atoms with Crippen molar-refractivity contribution in [1.82, 2.24) is 24.6 Å². The highest BCUT2D eigenvalue weighted by Crippen LogP contribution is 2.36. The van der Waals surface area contributed by atoms with Gasteiger partial charge in [0, 0.05) is 44.5 Å². The number of ether oxygens (including phenoxy) is 1. The predicted octanol–water partition coefficient (Wildman–Crippen LogP) is 4.85. The highest BCUT2D eigenvalue weighted by molar-refractivity contribution is 5.78. The van der Waals surface area contributed by atoms with E-state index in [2.05, 4.69) is 54.4 Å². The van der Waals surface area contributed by atoms with Gasteiger partial charge in [-0.05, 0) is 69.2 Å². The maximum atomic E-state index is 13.0. The quantitative estimate of drug-likeness (QED) is 0.500. The van der Waals surface area contributed by atoms with E-state index in [0.717, 1.165) is 42.6 Å². The summed E-state index contributed by atoms with van der Waals surface area (Å²) >= 11 is 0. The van der Waals surface area contributed by atoms with Gasteiger partial charge in [-0.2, -0.15) is 5.10 Å². The number of carbonyl (C=O) groups excluding carboxylic acids is 1. The summed E-state index contributed by atoms with van der Waals surface area (Å²) < 4.78 is 7.74. The van der Waals surface area contributed by atoms with Gasteiger partial charge in [-0.3, -0.25) is 9.48 Å². The third kappa shape index (κ3) is 5.75. The van der Waals surface area contributed by atoms with Crippen molar-refractivity contribution in [2.75, 3.05) is 18.4 Å². The highest BCUT2D eigenvalue weighted by Gasteiger charge is 2.35. The second-order valence-corrected chi connectivity index (χ2v) is 11.0. The summed E-state index contributed by atoms with van der Waals surface area (Å²) in [5.41, 5.74) is 5.28. The van der Waals surface area contributed by atoms with Gasteiger partial charge in [0.2, 0.25) is 11.9 Å². The number of amides is 1. The first-order valence-electron chi connectivity index (χ1n) is 12.9. The Morgan fingerprint density at radius 3 is 2.78 bits per heavy atom. The standard InChI is InChI=1S/C28H36N6O2/c1-28(2,3)36-23-17-34(18-23)26(35)14-20-8-6-5-7-19-13-21(9-10-24(19)20)25-11-12-29-27(32-25)31-22-15-30-33(4)16-22/h9-13,15-16,20,23H,5-8,14,17-18H2,1-4H3,(H,29,31,32)/t20-/m0/s1. The number of aryl methyl sites for hydroxylation is 2. The fourth-order valence-electron chi connectivity index (χ4n) is 5.20. The molecule has 2 aromatic heterocycles. The fourth-order valence-corrected chi connectivity index (χ4v) is 5.20. The van der Waals surface area contributed by atoms with Crippen LogP contribution in [0.4, 0.5) is 11.6 Å². The lowest BCUT2D eigenvalue weighted by atomic mass is 9.88. The van der Waals surface area contributed by atoms with Crippen molar-refractivity contribution in [3.8, 4) is 11.3 Å². The first-order chi connectivity index (χ1) is 17.2. The molecule has 8 nitrogen and oxygen atoms in total.